The van der Waals surface area contributed by atoms with Crippen LogP contribution >= 0.6 is 0 Å². The first-order valence-electron chi connectivity index (χ1n) is 9.74. The van der Waals surface area contributed by atoms with Gasteiger partial charge in [-0.2, -0.15) is 0 Å². The average Bonchev–Trinajstić information content (AvgIpc) is 3.05. The Bertz CT molecular complexity index is 620. The van der Waals surface area contributed by atoms with Crippen molar-refractivity contribution in [2.24, 2.45) is 5.92 Å². The lowest BCUT2D eigenvalue weighted by Gasteiger charge is -2.40. The zero-order chi connectivity index (χ0) is 18.0. The highest BCUT2D eigenvalue weighted by Crippen LogP contribution is 2.38. The van der Waals surface area contributed by atoms with E-state index in [0.717, 1.165) is 65.1 Å². The summed E-state index contributed by atoms with van der Waals surface area (Å²) < 4.78 is 6.31. The van der Waals surface area contributed by atoms with Gasteiger partial charge in [0.2, 0.25) is 0 Å². The second-order valence-electron chi connectivity index (χ2n) is 8.09. The predicted molar refractivity (Wildman–Crippen MR) is 97.9 cm³/mol. The van der Waals surface area contributed by atoms with Gasteiger partial charge >= 0.3 is 0 Å². The van der Waals surface area contributed by atoms with Crippen LogP contribution in [0.5, 0.6) is 0 Å². The van der Waals surface area contributed by atoms with Crippen LogP contribution in [0.3, 0.4) is 0 Å². The molecular formula is C19H29N5O2. The molecule has 0 N–H and O–H groups in total. The maximum atomic E-state index is 12.7. The van der Waals surface area contributed by atoms with Gasteiger partial charge in [0.1, 0.15) is 5.69 Å². The molecule has 142 valence electrons. The molecule has 0 aliphatic carbocycles. The molecular weight excluding hydrogens is 330 g/mol. The molecule has 0 bridgehead atoms. The highest BCUT2D eigenvalue weighted by Gasteiger charge is 2.45. The number of nitrogens with zero attached hydrogens (tertiary/aromatic N) is 5. The Balaban J connectivity index is 1.34. The summed E-state index contributed by atoms with van der Waals surface area (Å²) in [5.41, 5.74) is 0.268. The number of piperazine rings is 1. The second kappa shape index (κ2) is 7.58. The Hall–Kier alpha value is -1.57. The van der Waals surface area contributed by atoms with E-state index >= 15 is 0 Å². The van der Waals surface area contributed by atoms with Crippen molar-refractivity contribution < 1.29 is 9.53 Å². The molecule has 4 rings (SSSR count). The Morgan fingerprint density at radius 2 is 2.12 bits per heavy atom. The van der Waals surface area contributed by atoms with E-state index in [2.05, 4.69) is 26.8 Å². The zero-order valence-corrected chi connectivity index (χ0v) is 15.6. The zero-order valence-electron chi connectivity index (χ0n) is 15.6. The van der Waals surface area contributed by atoms with Gasteiger partial charge in [-0.25, -0.2) is 4.98 Å². The number of carbonyl (C=O) groups is 1. The Kier molecular flexibility index (Phi) is 5.20. The number of ether oxygens (including phenoxy) is 1. The van der Waals surface area contributed by atoms with Crippen LogP contribution in [0.4, 0.5) is 0 Å². The van der Waals surface area contributed by atoms with E-state index in [0.29, 0.717) is 18.2 Å². The van der Waals surface area contributed by atoms with Gasteiger partial charge in [-0.15, -0.1) is 0 Å². The van der Waals surface area contributed by atoms with E-state index < -0.39 is 0 Å². The summed E-state index contributed by atoms with van der Waals surface area (Å²) >= 11 is 0. The molecule has 1 aromatic rings. The maximum absolute atomic E-state index is 12.7. The standard InChI is InChI=1S/C19H29N5O2/c1-22-7-9-23(10-8-22)13-16-11-19(26-14-16)3-2-6-24(15-19)18(25)17-12-20-4-5-21-17/h4-5,12,16H,2-3,6-11,13-15H2,1H3/t16-,19-/m0/s1. The topological polar surface area (TPSA) is 61.8 Å². The third-order valence-electron chi connectivity index (χ3n) is 6.01. The lowest BCUT2D eigenvalue weighted by atomic mass is 9.86. The normalized spacial score (nSPS) is 30.8. The summed E-state index contributed by atoms with van der Waals surface area (Å²) in [5.74, 6) is 0.549. The minimum atomic E-state index is -0.159. The van der Waals surface area contributed by atoms with Gasteiger partial charge in [0.05, 0.1) is 24.9 Å². The molecule has 0 radical (unpaired) electrons. The minimum Gasteiger partial charge on any atom is -0.373 e. The summed E-state index contributed by atoms with van der Waals surface area (Å²) in [6.07, 6.45) is 7.82. The summed E-state index contributed by atoms with van der Waals surface area (Å²) in [6, 6.07) is 0. The Morgan fingerprint density at radius 3 is 2.88 bits per heavy atom. The van der Waals surface area contributed by atoms with Crippen LogP contribution in [0.1, 0.15) is 29.8 Å². The number of carbonyl (C=O) groups excluding carboxylic acids is 1. The number of amides is 1. The van der Waals surface area contributed by atoms with Crippen molar-refractivity contribution in [2.75, 3.05) is 59.5 Å². The van der Waals surface area contributed by atoms with E-state index in [1.165, 1.54) is 0 Å². The lowest BCUT2D eigenvalue weighted by Crippen LogP contribution is -2.50. The van der Waals surface area contributed by atoms with E-state index in [9.17, 15) is 4.79 Å². The molecule has 0 unspecified atom stereocenters. The maximum Gasteiger partial charge on any atom is 0.274 e. The predicted octanol–water partition coefficient (Wildman–Crippen LogP) is 0.735. The largest absolute Gasteiger partial charge is 0.373 e. The van der Waals surface area contributed by atoms with Gasteiger partial charge in [0, 0.05) is 51.7 Å². The summed E-state index contributed by atoms with van der Waals surface area (Å²) in [7, 11) is 2.19. The highest BCUT2D eigenvalue weighted by molar-refractivity contribution is 5.92. The van der Waals surface area contributed by atoms with Crippen LogP contribution in [0.25, 0.3) is 0 Å². The molecule has 0 saturated carbocycles. The van der Waals surface area contributed by atoms with Gasteiger partial charge < -0.3 is 19.4 Å². The minimum absolute atomic E-state index is 0.0247. The lowest BCUT2D eigenvalue weighted by molar-refractivity contribution is -0.0452. The molecule has 3 saturated heterocycles. The number of aromatic nitrogens is 2. The molecule has 1 spiro atoms. The molecule has 3 aliphatic heterocycles. The third-order valence-corrected chi connectivity index (χ3v) is 6.01. The molecule has 0 aromatic carbocycles. The molecule has 1 aromatic heterocycles. The van der Waals surface area contributed by atoms with Crippen LogP contribution in [-0.4, -0.2) is 95.6 Å². The molecule has 3 aliphatic rings. The van der Waals surface area contributed by atoms with Gasteiger partial charge in [0.15, 0.2) is 0 Å². The van der Waals surface area contributed by atoms with Crippen molar-refractivity contribution in [3.05, 3.63) is 24.3 Å². The number of hydrogen-bond donors (Lipinski definition) is 0. The molecule has 26 heavy (non-hydrogen) atoms. The summed E-state index contributed by atoms with van der Waals surface area (Å²) in [5, 5.41) is 0. The fourth-order valence-corrected chi connectivity index (χ4v) is 4.58. The van der Waals surface area contributed by atoms with Crippen LogP contribution in [0, 0.1) is 5.92 Å². The molecule has 7 heteroatoms. The van der Waals surface area contributed by atoms with Crippen molar-refractivity contribution in [2.45, 2.75) is 24.9 Å². The first-order valence-corrected chi connectivity index (χ1v) is 9.74. The molecule has 3 fully saturated rings. The quantitative estimate of drug-likeness (QED) is 0.793. The average molecular weight is 359 g/mol. The molecule has 2 atom stereocenters. The van der Waals surface area contributed by atoms with Crippen LogP contribution in [0.15, 0.2) is 18.6 Å². The second-order valence-corrected chi connectivity index (χ2v) is 8.09. The van der Waals surface area contributed by atoms with Crippen LogP contribution in [-0.2, 0) is 4.74 Å². The van der Waals surface area contributed by atoms with Crippen molar-refractivity contribution in [1.29, 1.82) is 0 Å². The Labute approximate surface area is 155 Å². The number of hydrogen-bond acceptors (Lipinski definition) is 6. The van der Waals surface area contributed by atoms with Gasteiger partial charge in [-0.05, 0) is 32.2 Å². The fourth-order valence-electron chi connectivity index (χ4n) is 4.58. The summed E-state index contributed by atoms with van der Waals surface area (Å²) in [4.78, 5) is 27.8. The number of rotatable bonds is 3. The SMILES string of the molecule is CN1CCN(C[C@H]2CO[C@@]3(CCCN(C(=O)c4cnccn4)C3)C2)CC1. The smallest absolute Gasteiger partial charge is 0.274 e. The first-order chi connectivity index (χ1) is 12.6. The number of likely N-dealkylation sites (N-methyl/N-ethyl adjacent to an activating group) is 1. The van der Waals surface area contributed by atoms with Gasteiger partial charge in [-0.3, -0.25) is 9.78 Å². The van der Waals surface area contributed by atoms with Crippen molar-refractivity contribution >= 4 is 5.91 Å². The van der Waals surface area contributed by atoms with Crippen LogP contribution < -0.4 is 0 Å². The molecule has 1 amide bonds. The monoisotopic (exact) mass is 359 g/mol. The van der Waals surface area contributed by atoms with Crippen LogP contribution in [0.2, 0.25) is 0 Å². The van der Waals surface area contributed by atoms with Crippen molar-refractivity contribution in [3.8, 4) is 0 Å². The third kappa shape index (κ3) is 3.89. The van der Waals surface area contributed by atoms with Gasteiger partial charge in [-0.1, -0.05) is 0 Å². The molecule has 7 nitrogen and oxygen atoms in total. The van der Waals surface area contributed by atoms with Crippen molar-refractivity contribution in [3.63, 3.8) is 0 Å². The highest BCUT2D eigenvalue weighted by atomic mass is 16.5. The summed E-state index contributed by atoms with van der Waals surface area (Å²) in [6.45, 7) is 8.01. The Morgan fingerprint density at radius 1 is 1.27 bits per heavy atom. The van der Waals surface area contributed by atoms with Gasteiger partial charge in [0.25, 0.3) is 5.91 Å². The fraction of sp³-hybridized carbons (Fsp3) is 0.737. The van der Waals surface area contributed by atoms with E-state index in [-0.39, 0.29) is 11.5 Å². The van der Waals surface area contributed by atoms with Crippen molar-refractivity contribution in [1.82, 2.24) is 24.7 Å². The number of likely N-dealkylation sites (tertiary alicyclic amines) is 1. The molecule has 4 heterocycles. The van der Waals surface area contributed by atoms with E-state index in [1.807, 2.05) is 4.90 Å². The van der Waals surface area contributed by atoms with E-state index in [1.54, 1.807) is 18.6 Å². The van der Waals surface area contributed by atoms with E-state index in [4.69, 9.17) is 4.74 Å². The number of piperidine rings is 1. The first kappa shape index (κ1) is 17.8.